The summed E-state index contributed by atoms with van der Waals surface area (Å²) < 4.78 is 15.1. The summed E-state index contributed by atoms with van der Waals surface area (Å²) in [5.41, 5.74) is 5.27. The number of nitrogens with zero attached hydrogens (tertiary/aromatic N) is 1. The number of hydrogen-bond donors (Lipinski definition) is 1. The van der Waals surface area contributed by atoms with E-state index < -0.39 is 11.7 Å². The molecule has 2 N–H and O–H groups in total. The Labute approximate surface area is 131 Å². The highest BCUT2D eigenvalue weighted by Crippen LogP contribution is 2.64. The van der Waals surface area contributed by atoms with Gasteiger partial charge in [-0.3, -0.25) is 4.79 Å². The van der Waals surface area contributed by atoms with Crippen LogP contribution in [0.1, 0.15) is 58.3 Å². The zero-order valence-corrected chi connectivity index (χ0v) is 13.4. The molecule has 1 aliphatic heterocycles. The first kappa shape index (κ1) is 13.8. The molecule has 1 saturated heterocycles. The van der Waals surface area contributed by atoms with E-state index in [1.54, 1.807) is 0 Å². The average molecular weight is 306 g/mol. The molecule has 5 saturated carbocycles. The normalized spacial score (nSPS) is 56.1. The Morgan fingerprint density at radius 2 is 1.86 bits per heavy atom. The first-order chi connectivity index (χ1) is 10.4. The number of carbonyl (C=O) groups is 1. The van der Waals surface area contributed by atoms with Gasteiger partial charge in [0.15, 0.2) is 0 Å². The summed E-state index contributed by atoms with van der Waals surface area (Å²) in [6.07, 6.45) is 7.41. The van der Waals surface area contributed by atoms with E-state index in [0.717, 1.165) is 44.4 Å². The highest BCUT2D eigenvalue weighted by atomic mass is 19.1. The van der Waals surface area contributed by atoms with Crippen LogP contribution < -0.4 is 5.73 Å². The second-order valence-corrected chi connectivity index (χ2v) is 9.35. The Bertz CT molecular complexity index is 519. The van der Waals surface area contributed by atoms with E-state index in [4.69, 9.17) is 5.73 Å². The largest absolute Gasteiger partial charge is 0.335 e. The van der Waals surface area contributed by atoms with Gasteiger partial charge in [0.2, 0.25) is 5.91 Å². The van der Waals surface area contributed by atoms with E-state index in [0.29, 0.717) is 30.3 Å². The topological polar surface area (TPSA) is 46.3 Å². The second kappa shape index (κ2) is 4.06. The summed E-state index contributed by atoms with van der Waals surface area (Å²) in [6, 6.07) is 0.299. The zero-order chi connectivity index (χ0) is 15.3. The fraction of sp³-hybridized carbons (Fsp3) is 0.944. The van der Waals surface area contributed by atoms with Crippen molar-refractivity contribution in [3.63, 3.8) is 0 Å². The Balaban J connectivity index is 1.43. The number of rotatable bonds is 2. The molecule has 6 fully saturated rings. The monoisotopic (exact) mass is 306 g/mol. The molecule has 1 amide bonds. The SMILES string of the molecule is C[C@@H]1CC2CC2N1C(=O)[C@@H](N)C12CC3CC(CC(F)(C3)C1)C2. The molecule has 5 aliphatic carbocycles. The first-order valence-electron chi connectivity index (χ1n) is 9.16. The minimum absolute atomic E-state index is 0.128. The molecule has 3 nitrogen and oxygen atoms in total. The van der Waals surface area contributed by atoms with Crippen LogP contribution in [0.15, 0.2) is 0 Å². The minimum atomic E-state index is -1.03. The van der Waals surface area contributed by atoms with Crippen LogP contribution in [-0.4, -0.2) is 34.6 Å². The number of carbonyl (C=O) groups excluding carboxylic acids is 1. The van der Waals surface area contributed by atoms with Gasteiger partial charge in [-0.15, -0.1) is 0 Å². The number of hydrogen-bond acceptors (Lipinski definition) is 2. The smallest absolute Gasteiger partial charge is 0.240 e. The standard InChI is InChI=1S/C18H27FN2O/c1-10-2-13-4-14(13)21(10)16(22)15(20)17-5-11-3-12(6-17)8-18(19,7-11)9-17/h10-15H,2-9,20H2,1H3/t10-,11?,12?,13?,14?,15-,17?,18?/m1/s1. The molecule has 0 spiro atoms. The molecule has 22 heavy (non-hydrogen) atoms. The fourth-order valence-electron chi connectivity index (χ4n) is 7.09. The maximum Gasteiger partial charge on any atom is 0.240 e. The molecule has 1 heterocycles. The number of halogens is 1. The van der Waals surface area contributed by atoms with Crippen molar-refractivity contribution in [1.82, 2.24) is 4.90 Å². The van der Waals surface area contributed by atoms with Gasteiger partial charge in [0.1, 0.15) is 5.67 Å². The highest BCUT2D eigenvalue weighted by Gasteiger charge is 2.63. The van der Waals surface area contributed by atoms with Crippen molar-refractivity contribution in [1.29, 1.82) is 0 Å². The summed E-state index contributed by atoms with van der Waals surface area (Å²) in [4.78, 5) is 15.2. The zero-order valence-electron chi connectivity index (χ0n) is 13.4. The van der Waals surface area contributed by atoms with Gasteiger partial charge in [0.25, 0.3) is 0 Å². The van der Waals surface area contributed by atoms with Gasteiger partial charge in [-0.2, -0.15) is 0 Å². The molecular formula is C18H27FN2O. The van der Waals surface area contributed by atoms with Gasteiger partial charge >= 0.3 is 0 Å². The van der Waals surface area contributed by atoms with E-state index >= 15 is 4.39 Å². The van der Waals surface area contributed by atoms with E-state index in [1.165, 1.54) is 6.42 Å². The van der Waals surface area contributed by atoms with Crippen LogP contribution in [0.5, 0.6) is 0 Å². The molecule has 0 aromatic rings. The quantitative estimate of drug-likeness (QED) is 0.852. The number of nitrogens with two attached hydrogens (primary N) is 1. The van der Waals surface area contributed by atoms with Crippen LogP contribution in [0.3, 0.4) is 0 Å². The van der Waals surface area contributed by atoms with Crippen LogP contribution in [0.4, 0.5) is 4.39 Å². The average Bonchev–Trinajstić information content (AvgIpc) is 3.06. The molecule has 6 aliphatic rings. The maximum atomic E-state index is 15.1. The molecule has 122 valence electrons. The van der Waals surface area contributed by atoms with Gasteiger partial charge in [0.05, 0.1) is 6.04 Å². The number of likely N-dealkylation sites (tertiary alicyclic amines) is 1. The van der Waals surface area contributed by atoms with E-state index in [1.807, 2.05) is 0 Å². The van der Waals surface area contributed by atoms with Crippen molar-refractivity contribution in [2.75, 3.05) is 0 Å². The summed E-state index contributed by atoms with van der Waals surface area (Å²) in [6.45, 7) is 2.15. The van der Waals surface area contributed by atoms with Crippen LogP contribution >= 0.6 is 0 Å². The lowest BCUT2D eigenvalue weighted by atomic mass is 9.46. The third-order valence-electron chi connectivity index (χ3n) is 7.58. The maximum absolute atomic E-state index is 15.1. The minimum Gasteiger partial charge on any atom is -0.335 e. The van der Waals surface area contributed by atoms with E-state index in [9.17, 15) is 4.79 Å². The Kier molecular flexibility index (Phi) is 2.54. The predicted molar refractivity (Wildman–Crippen MR) is 81.7 cm³/mol. The van der Waals surface area contributed by atoms with Crippen molar-refractivity contribution >= 4 is 5.91 Å². The van der Waals surface area contributed by atoms with Gasteiger partial charge in [-0.25, -0.2) is 4.39 Å². The second-order valence-electron chi connectivity index (χ2n) is 9.35. The molecule has 6 rings (SSSR count). The van der Waals surface area contributed by atoms with E-state index in [-0.39, 0.29) is 11.3 Å². The van der Waals surface area contributed by atoms with Crippen LogP contribution in [0.2, 0.25) is 0 Å². The molecular weight excluding hydrogens is 279 g/mol. The van der Waals surface area contributed by atoms with Gasteiger partial charge < -0.3 is 10.6 Å². The lowest BCUT2D eigenvalue weighted by Gasteiger charge is -2.60. The summed E-state index contributed by atoms with van der Waals surface area (Å²) in [5.74, 6) is 1.78. The van der Waals surface area contributed by atoms with Crippen LogP contribution in [0, 0.1) is 23.2 Å². The summed E-state index contributed by atoms with van der Waals surface area (Å²) in [7, 11) is 0. The van der Waals surface area contributed by atoms with Crippen molar-refractivity contribution in [2.45, 2.75) is 82.1 Å². The third-order valence-corrected chi connectivity index (χ3v) is 7.58. The Morgan fingerprint density at radius 1 is 1.18 bits per heavy atom. The molecule has 0 radical (unpaired) electrons. The third kappa shape index (κ3) is 1.73. The Morgan fingerprint density at radius 3 is 2.41 bits per heavy atom. The molecule has 4 bridgehead atoms. The van der Waals surface area contributed by atoms with Gasteiger partial charge in [0, 0.05) is 12.1 Å². The lowest BCUT2D eigenvalue weighted by molar-refractivity contribution is -0.156. The predicted octanol–water partition coefficient (Wildman–Crippen LogP) is 2.63. The fourth-order valence-corrected chi connectivity index (χ4v) is 7.09. The number of amides is 1. The van der Waals surface area contributed by atoms with Crippen molar-refractivity contribution in [3.05, 3.63) is 0 Å². The lowest BCUT2D eigenvalue weighted by Crippen LogP contribution is -2.63. The molecule has 0 aromatic heterocycles. The van der Waals surface area contributed by atoms with Crippen LogP contribution in [0.25, 0.3) is 0 Å². The first-order valence-corrected chi connectivity index (χ1v) is 9.16. The summed E-state index contributed by atoms with van der Waals surface area (Å²) >= 11 is 0. The van der Waals surface area contributed by atoms with Gasteiger partial charge in [-0.05, 0) is 81.5 Å². The number of alkyl halides is 1. The van der Waals surface area contributed by atoms with Crippen LogP contribution in [-0.2, 0) is 4.79 Å². The molecule has 6 atom stereocenters. The molecule has 4 heteroatoms. The number of piperidine rings is 1. The molecule has 4 unspecified atom stereocenters. The summed E-state index contributed by atoms with van der Waals surface area (Å²) in [5, 5.41) is 0. The molecule has 0 aromatic carbocycles. The van der Waals surface area contributed by atoms with Gasteiger partial charge in [-0.1, -0.05) is 0 Å². The van der Waals surface area contributed by atoms with E-state index in [2.05, 4.69) is 11.8 Å². The van der Waals surface area contributed by atoms with Crippen molar-refractivity contribution < 1.29 is 9.18 Å². The highest BCUT2D eigenvalue weighted by molar-refractivity contribution is 5.84. The Hall–Kier alpha value is -0.640. The van der Waals surface area contributed by atoms with Crippen molar-refractivity contribution in [2.24, 2.45) is 28.9 Å². The number of fused-ring (bicyclic) bond motifs is 1. The van der Waals surface area contributed by atoms with Crippen molar-refractivity contribution in [3.8, 4) is 0 Å².